The lowest BCUT2D eigenvalue weighted by atomic mass is 10.1. The normalized spacial score (nSPS) is 23.5. The molecule has 1 amide bonds. The molecule has 2 rings (SSSR count). The van der Waals surface area contributed by atoms with E-state index in [0.717, 1.165) is 10.0 Å². The first-order valence-corrected chi connectivity index (χ1v) is 7.11. The fraction of sp³-hybridized carbons (Fsp3) is 0.500. The molecule has 1 aliphatic rings. The van der Waals surface area contributed by atoms with Crippen LogP contribution < -0.4 is 0 Å². The molecule has 1 fully saturated rings. The van der Waals surface area contributed by atoms with E-state index >= 15 is 0 Å². The van der Waals surface area contributed by atoms with Gasteiger partial charge in [0.15, 0.2) is 0 Å². The minimum atomic E-state index is -0.283. The van der Waals surface area contributed by atoms with Crippen LogP contribution in [0.1, 0.15) is 22.8 Å². The van der Waals surface area contributed by atoms with Gasteiger partial charge in [0.25, 0.3) is 5.91 Å². The molecule has 19 heavy (non-hydrogen) atoms. The summed E-state index contributed by atoms with van der Waals surface area (Å²) in [5.41, 5.74) is 1.75. The highest BCUT2D eigenvalue weighted by Gasteiger charge is 2.29. The summed E-state index contributed by atoms with van der Waals surface area (Å²) in [4.78, 5) is 14.3. The van der Waals surface area contributed by atoms with Gasteiger partial charge in [0.1, 0.15) is 0 Å². The standard InChI is InChI=1S/C14H18BrNO3/c1-9-3-4-11(5-13(9)15)14(18)16-6-12(7-17)19-8-10(16)2/h3-5,10,12,17H,6-8H2,1-2H3. The van der Waals surface area contributed by atoms with Crippen molar-refractivity contribution in [3.63, 3.8) is 0 Å². The number of nitrogens with zero attached hydrogens (tertiary/aromatic N) is 1. The first kappa shape index (κ1) is 14.5. The van der Waals surface area contributed by atoms with Gasteiger partial charge in [-0.3, -0.25) is 4.79 Å². The number of carbonyl (C=O) groups is 1. The second-order valence-corrected chi connectivity index (χ2v) is 5.76. The Labute approximate surface area is 121 Å². The van der Waals surface area contributed by atoms with Gasteiger partial charge in [-0.15, -0.1) is 0 Å². The van der Waals surface area contributed by atoms with Crippen molar-refractivity contribution in [1.82, 2.24) is 4.90 Å². The van der Waals surface area contributed by atoms with Crippen molar-refractivity contribution in [2.45, 2.75) is 26.0 Å². The third-order valence-corrected chi connectivity index (χ3v) is 4.24. The zero-order valence-corrected chi connectivity index (χ0v) is 12.7. The Bertz CT molecular complexity index is 478. The van der Waals surface area contributed by atoms with Crippen LogP contribution in [0.25, 0.3) is 0 Å². The SMILES string of the molecule is Cc1ccc(C(=O)N2CC(CO)OCC2C)cc1Br. The fourth-order valence-corrected chi connectivity index (χ4v) is 2.48. The average Bonchev–Trinajstić information content (AvgIpc) is 2.41. The highest BCUT2D eigenvalue weighted by atomic mass is 79.9. The van der Waals surface area contributed by atoms with Crippen molar-refractivity contribution < 1.29 is 14.6 Å². The number of morpholine rings is 1. The number of aryl methyl sites for hydroxylation is 1. The molecule has 1 aromatic rings. The summed E-state index contributed by atoms with van der Waals surface area (Å²) in [6.45, 7) is 4.77. The van der Waals surface area contributed by atoms with Gasteiger partial charge in [-0.25, -0.2) is 0 Å². The number of amides is 1. The zero-order valence-electron chi connectivity index (χ0n) is 11.1. The van der Waals surface area contributed by atoms with Crippen molar-refractivity contribution in [3.05, 3.63) is 33.8 Å². The molecule has 0 radical (unpaired) electrons. The Morgan fingerprint density at radius 2 is 2.32 bits per heavy atom. The summed E-state index contributed by atoms with van der Waals surface area (Å²) >= 11 is 3.44. The van der Waals surface area contributed by atoms with Gasteiger partial charge in [-0.2, -0.15) is 0 Å². The lowest BCUT2D eigenvalue weighted by Gasteiger charge is -2.37. The van der Waals surface area contributed by atoms with Crippen LogP contribution in [0.4, 0.5) is 0 Å². The molecular formula is C14H18BrNO3. The van der Waals surface area contributed by atoms with Gasteiger partial charge >= 0.3 is 0 Å². The first-order chi connectivity index (χ1) is 9.02. The molecule has 1 saturated heterocycles. The van der Waals surface area contributed by atoms with E-state index in [1.54, 1.807) is 4.90 Å². The van der Waals surface area contributed by atoms with Crippen LogP contribution in [-0.4, -0.2) is 47.8 Å². The molecule has 104 valence electrons. The predicted molar refractivity (Wildman–Crippen MR) is 76.2 cm³/mol. The van der Waals surface area contributed by atoms with Crippen LogP contribution >= 0.6 is 15.9 Å². The molecule has 2 unspecified atom stereocenters. The van der Waals surface area contributed by atoms with Gasteiger partial charge < -0.3 is 14.7 Å². The summed E-state index contributed by atoms with van der Waals surface area (Å²) < 4.78 is 6.37. The highest BCUT2D eigenvalue weighted by Crippen LogP contribution is 2.21. The molecule has 0 spiro atoms. The summed E-state index contributed by atoms with van der Waals surface area (Å²) in [5.74, 6) is -0.0186. The highest BCUT2D eigenvalue weighted by molar-refractivity contribution is 9.10. The topological polar surface area (TPSA) is 49.8 Å². The Kier molecular flexibility index (Phi) is 4.60. The van der Waals surface area contributed by atoms with E-state index in [2.05, 4.69) is 15.9 Å². The number of halogens is 1. The molecule has 1 aliphatic heterocycles. The number of aliphatic hydroxyl groups is 1. The average molecular weight is 328 g/mol. The van der Waals surface area contributed by atoms with Crippen LogP contribution in [0.2, 0.25) is 0 Å². The van der Waals surface area contributed by atoms with E-state index in [4.69, 9.17) is 9.84 Å². The number of rotatable bonds is 2. The first-order valence-electron chi connectivity index (χ1n) is 6.32. The Hall–Kier alpha value is -0.910. The second-order valence-electron chi connectivity index (χ2n) is 4.91. The molecule has 0 bridgehead atoms. The maximum atomic E-state index is 12.5. The zero-order chi connectivity index (χ0) is 14.0. The van der Waals surface area contributed by atoms with Crippen molar-refractivity contribution in [2.24, 2.45) is 0 Å². The van der Waals surface area contributed by atoms with Gasteiger partial charge in [-0.05, 0) is 31.5 Å². The van der Waals surface area contributed by atoms with Gasteiger partial charge in [0.05, 0.1) is 25.4 Å². The van der Waals surface area contributed by atoms with E-state index in [9.17, 15) is 4.79 Å². The fourth-order valence-electron chi connectivity index (χ4n) is 2.10. The minimum absolute atomic E-state index is 0.0186. The number of hydrogen-bond acceptors (Lipinski definition) is 3. The third kappa shape index (κ3) is 3.16. The molecule has 0 aromatic heterocycles. The van der Waals surface area contributed by atoms with Gasteiger partial charge in [-0.1, -0.05) is 22.0 Å². The predicted octanol–water partition coefficient (Wildman–Crippen LogP) is 1.98. The number of benzene rings is 1. The van der Waals surface area contributed by atoms with Gasteiger partial charge in [0, 0.05) is 16.6 Å². The maximum absolute atomic E-state index is 12.5. The largest absolute Gasteiger partial charge is 0.394 e. The Morgan fingerprint density at radius 1 is 1.58 bits per heavy atom. The molecule has 1 heterocycles. The molecule has 0 saturated carbocycles. The summed E-state index contributed by atoms with van der Waals surface area (Å²) in [6, 6.07) is 5.62. The lowest BCUT2D eigenvalue weighted by Crippen LogP contribution is -2.52. The van der Waals surface area contributed by atoms with Crippen LogP contribution in [0, 0.1) is 6.92 Å². The van der Waals surface area contributed by atoms with Gasteiger partial charge in [0.2, 0.25) is 0 Å². The van der Waals surface area contributed by atoms with Crippen LogP contribution in [0.15, 0.2) is 22.7 Å². The number of aliphatic hydroxyl groups excluding tert-OH is 1. The van der Waals surface area contributed by atoms with Crippen molar-refractivity contribution >= 4 is 21.8 Å². The molecule has 2 atom stereocenters. The quantitative estimate of drug-likeness (QED) is 0.903. The summed E-state index contributed by atoms with van der Waals surface area (Å²) in [7, 11) is 0. The molecule has 1 N–H and O–H groups in total. The van der Waals surface area contributed by atoms with E-state index in [0.29, 0.717) is 18.7 Å². The number of ether oxygens (including phenoxy) is 1. The molecule has 1 aromatic carbocycles. The Morgan fingerprint density at radius 3 is 2.95 bits per heavy atom. The summed E-state index contributed by atoms with van der Waals surface area (Å²) in [5, 5.41) is 9.16. The van der Waals surface area contributed by atoms with Crippen LogP contribution in [0.3, 0.4) is 0 Å². The van der Waals surface area contributed by atoms with Crippen LogP contribution in [-0.2, 0) is 4.74 Å². The third-order valence-electron chi connectivity index (χ3n) is 3.39. The van der Waals surface area contributed by atoms with E-state index < -0.39 is 0 Å². The summed E-state index contributed by atoms with van der Waals surface area (Å²) in [6.07, 6.45) is -0.283. The van der Waals surface area contributed by atoms with Crippen LogP contribution in [0.5, 0.6) is 0 Å². The second kappa shape index (κ2) is 6.03. The molecule has 5 heteroatoms. The molecular weight excluding hydrogens is 310 g/mol. The number of hydrogen-bond donors (Lipinski definition) is 1. The smallest absolute Gasteiger partial charge is 0.254 e. The maximum Gasteiger partial charge on any atom is 0.254 e. The van der Waals surface area contributed by atoms with E-state index in [1.165, 1.54) is 0 Å². The minimum Gasteiger partial charge on any atom is -0.394 e. The van der Waals surface area contributed by atoms with Crippen molar-refractivity contribution in [2.75, 3.05) is 19.8 Å². The lowest BCUT2D eigenvalue weighted by molar-refractivity contribution is -0.0667. The molecule has 4 nitrogen and oxygen atoms in total. The molecule has 0 aliphatic carbocycles. The Balaban J connectivity index is 2.19. The monoisotopic (exact) mass is 327 g/mol. The van der Waals surface area contributed by atoms with E-state index in [-0.39, 0.29) is 24.7 Å². The van der Waals surface area contributed by atoms with E-state index in [1.807, 2.05) is 32.0 Å². The van der Waals surface area contributed by atoms with Crippen molar-refractivity contribution in [1.29, 1.82) is 0 Å². The van der Waals surface area contributed by atoms with Crippen molar-refractivity contribution in [3.8, 4) is 0 Å². The number of carbonyl (C=O) groups excluding carboxylic acids is 1.